The second kappa shape index (κ2) is 6.05. The first-order valence-corrected chi connectivity index (χ1v) is 5.20. The zero-order chi connectivity index (χ0) is 14.6. The van der Waals surface area contributed by atoms with Gasteiger partial charge in [-0.1, -0.05) is 0 Å². The number of alkyl halides is 6. The lowest BCUT2D eigenvalue weighted by molar-refractivity contribution is -0.274. The number of carbonyl (C=O) groups excluding carboxylic acids is 1. The number of Topliss-reactive ketones (excluding diaryl/α,β-unsaturated/α-hetero) is 1. The van der Waals surface area contributed by atoms with Gasteiger partial charge in [-0.3, -0.25) is 4.79 Å². The van der Waals surface area contributed by atoms with Crippen LogP contribution in [0.5, 0.6) is 11.5 Å². The molecular weight excluding hydrogens is 299 g/mol. The average molecular weight is 305 g/mol. The van der Waals surface area contributed by atoms with Gasteiger partial charge >= 0.3 is 13.0 Å². The maximum Gasteiger partial charge on any atom is 0.573 e. The van der Waals surface area contributed by atoms with Gasteiger partial charge in [0.25, 0.3) is 0 Å². The fourth-order valence-corrected chi connectivity index (χ4v) is 1.34. The summed E-state index contributed by atoms with van der Waals surface area (Å²) < 4.78 is 67.6. The summed E-state index contributed by atoms with van der Waals surface area (Å²) in [5.41, 5.74) is -0.357. The Labute approximate surface area is 108 Å². The molecule has 0 unspecified atom stereocenters. The molecule has 0 heterocycles. The van der Waals surface area contributed by atoms with Crippen molar-refractivity contribution in [2.24, 2.45) is 0 Å². The van der Waals surface area contributed by atoms with Crippen LogP contribution in [0.4, 0.5) is 22.0 Å². The standard InChI is InChI=1S/C10H6ClF5O3/c11-4-7(17)6-2-1-5(19-10(14,15)16)3-8(6)18-9(12)13/h1-3,9H,4H2. The van der Waals surface area contributed by atoms with E-state index < -0.39 is 36.1 Å². The molecule has 0 fully saturated rings. The predicted molar refractivity (Wildman–Crippen MR) is 54.8 cm³/mol. The molecule has 9 heteroatoms. The molecule has 0 atom stereocenters. The van der Waals surface area contributed by atoms with Gasteiger partial charge in [0.2, 0.25) is 0 Å². The van der Waals surface area contributed by atoms with Crippen LogP contribution in [-0.4, -0.2) is 24.6 Å². The van der Waals surface area contributed by atoms with Gasteiger partial charge in [0, 0.05) is 6.07 Å². The van der Waals surface area contributed by atoms with E-state index in [2.05, 4.69) is 9.47 Å². The SMILES string of the molecule is O=C(CCl)c1ccc(OC(F)(F)F)cc1OC(F)F. The van der Waals surface area contributed by atoms with Gasteiger partial charge in [0.05, 0.1) is 11.4 Å². The van der Waals surface area contributed by atoms with Crippen LogP contribution in [0.2, 0.25) is 0 Å². The maximum atomic E-state index is 12.1. The van der Waals surface area contributed by atoms with Crippen molar-refractivity contribution < 1.29 is 36.2 Å². The van der Waals surface area contributed by atoms with Crippen molar-refractivity contribution >= 4 is 17.4 Å². The van der Waals surface area contributed by atoms with Crippen molar-refractivity contribution in [2.75, 3.05) is 5.88 Å². The highest BCUT2D eigenvalue weighted by Crippen LogP contribution is 2.30. The summed E-state index contributed by atoms with van der Waals surface area (Å²) in [7, 11) is 0. The van der Waals surface area contributed by atoms with Crippen LogP contribution in [0.3, 0.4) is 0 Å². The summed E-state index contributed by atoms with van der Waals surface area (Å²) in [6.45, 7) is -3.30. The minimum absolute atomic E-state index is 0.357. The number of halogens is 6. The van der Waals surface area contributed by atoms with Gasteiger partial charge < -0.3 is 9.47 Å². The van der Waals surface area contributed by atoms with Crippen molar-refractivity contribution in [3.05, 3.63) is 23.8 Å². The first-order valence-electron chi connectivity index (χ1n) is 4.66. The number of rotatable bonds is 5. The van der Waals surface area contributed by atoms with E-state index in [1.807, 2.05) is 0 Å². The summed E-state index contributed by atoms with van der Waals surface area (Å²) in [5, 5.41) is 0. The first-order chi connectivity index (χ1) is 8.73. The van der Waals surface area contributed by atoms with Crippen LogP contribution in [0.1, 0.15) is 10.4 Å². The van der Waals surface area contributed by atoms with Gasteiger partial charge in [-0.2, -0.15) is 8.78 Å². The molecule has 1 aromatic rings. The molecule has 1 aromatic carbocycles. The van der Waals surface area contributed by atoms with Gasteiger partial charge in [-0.25, -0.2) is 0 Å². The van der Waals surface area contributed by atoms with E-state index in [1.165, 1.54) is 0 Å². The summed E-state index contributed by atoms with van der Waals surface area (Å²) >= 11 is 5.24. The number of benzene rings is 1. The smallest absolute Gasteiger partial charge is 0.434 e. The molecule has 0 aromatic heterocycles. The third-order valence-electron chi connectivity index (χ3n) is 1.82. The van der Waals surface area contributed by atoms with Gasteiger partial charge in [-0.15, -0.1) is 24.8 Å². The van der Waals surface area contributed by atoms with Crippen molar-refractivity contribution in [3.63, 3.8) is 0 Å². The van der Waals surface area contributed by atoms with Crippen molar-refractivity contribution in [1.29, 1.82) is 0 Å². The van der Waals surface area contributed by atoms with Gasteiger partial charge in [0.15, 0.2) is 5.78 Å². The number of carbonyl (C=O) groups is 1. The lowest BCUT2D eigenvalue weighted by Gasteiger charge is -2.13. The molecule has 0 radical (unpaired) electrons. The number of ether oxygens (including phenoxy) is 2. The van der Waals surface area contributed by atoms with E-state index >= 15 is 0 Å². The minimum atomic E-state index is -4.99. The Hall–Kier alpha value is -1.57. The molecule has 106 valence electrons. The number of ketones is 1. The molecule has 0 aliphatic carbocycles. The largest absolute Gasteiger partial charge is 0.573 e. The van der Waals surface area contributed by atoms with Gasteiger partial charge in [0.1, 0.15) is 11.5 Å². The Morgan fingerprint density at radius 1 is 1.32 bits per heavy atom. The second-order valence-corrected chi connectivity index (χ2v) is 3.41. The topological polar surface area (TPSA) is 35.5 Å². The Morgan fingerprint density at radius 2 is 1.95 bits per heavy atom. The molecule has 0 saturated carbocycles. The van der Waals surface area contributed by atoms with Gasteiger partial charge in [-0.05, 0) is 12.1 Å². The predicted octanol–water partition coefficient (Wildman–Crippen LogP) is 3.61. The van der Waals surface area contributed by atoms with Crippen LogP contribution < -0.4 is 9.47 Å². The maximum absolute atomic E-state index is 12.1. The van der Waals surface area contributed by atoms with E-state index in [-0.39, 0.29) is 5.56 Å². The van der Waals surface area contributed by atoms with Crippen molar-refractivity contribution in [1.82, 2.24) is 0 Å². The minimum Gasteiger partial charge on any atom is -0.434 e. The Kier molecular flexibility index (Phi) is 4.93. The monoisotopic (exact) mass is 304 g/mol. The zero-order valence-electron chi connectivity index (χ0n) is 9.01. The first kappa shape index (κ1) is 15.5. The van der Waals surface area contributed by atoms with E-state index in [0.717, 1.165) is 12.1 Å². The highest BCUT2D eigenvalue weighted by molar-refractivity contribution is 6.30. The van der Waals surface area contributed by atoms with E-state index in [1.54, 1.807) is 0 Å². The van der Waals surface area contributed by atoms with Crippen LogP contribution in [-0.2, 0) is 0 Å². The molecule has 0 saturated heterocycles. The van der Waals surface area contributed by atoms with Crippen molar-refractivity contribution in [3.8, 4) is 11.5 Å². The molecule has 0 aliphatic heterocycles. The zero-order valence-corrected chi connectivity index (χ0v) is 9.76. The quantitative estimate of drug-likeness (QED) is 0.473. The molecule has 0 amide bonds. The lowest BCUT2D eigenvalue weighted by Crippen LogP contribution is -2.17. The van der Waals surface area contributed by atoms with Crippen molar-refractivity contribution in [2.45, 2.75) is 13.0 Å². The molecule has 0 N–H and O–H groups in total. The highest BCUT2D eigenvalue weighted by Gasteiger charge is 2.31. The summed E-state index contributed by atoms with van der Waals surface area (Å²) in [4.78, 5) is 11.3. The third kappa shape index (κ3) is 4.90. The fourth-order valence-electron chi connectivity index (χ4n) is 1.20. The van der Waals surface area contributed by atoms with Crippen LogP contribution >= 0.6 is 11.6 Å². The number of hydrogen-bond donors (Lipinski definition) is 0. The highest BCUT2D eigenvalue weighted by atomic mass is 35.5. The molecule has 0 aliphatic rings. The van der Waals surface area contributed by atoms with E-state index in [4.69, 9.17) is 11.6 Å². The summed E-state index contributed by atoms with van der Waals surface area (Å²) in [6, 6.07) is 2.20. The van der Waals surface area contributed by atoms with Crippen LogP contribution in [0.25, 0.3) is 0 Å². The fraction of sp³-hybridized carbons (Fsp3) is 0.300. The third-order valence-corrected chi connectivity index (χ3v) is 2.07. The molecule has 0 spiro atoms. The Balaban J connectivity index is 3.11. The number of hydrogen-bond acceptors (Lipinski definition) is 3. The van der Waals surface area contributed by atoms with Crippen LogP contribution in [0, 0.1) is 0 Å². The molecular formula is C10H6ClF5O3. The van der Waals surface area contributed by atoms with E-state index in [0.29, 0.717) is 6.07 Å². The Morgan fingerprint density at radius 3 is 2.42 bits per heavy atom. The van der Waals surface area contributed by atoms with E-state index in [9.17, 15) is 26.7 Å². The molecule has 3 nitrogen and oxygen atoms in total. The van der Waals surface area contributed by atoms with Crippen LogP contribution in [0.15, 0.2) is 18.2 Å². The molecule has 0 bridgehead atoms. The summed E-state index contributed by atoms with van der Waals surface area (Å²) in [6.07, 6.45) is -4.99. The normalized spacial score (nSPS) is 11.5. The second-order valence-electron chi connectivity index (χ2n) is 3.14. The lowest BCUT2D eigenvalue weighted by atomic mass is 10.1. The molecule has 19 heavy (non-hydrogen) atoms. The molecule has 1 rings (SSSR count). The Bertz CT molecular complexity index is 461. The summed E-state index contributed by atoms with van der Waals surface area (Å²) in [5.74, 6) is -2.81. The average Bonchev–Trinajstić information content (AvgIpc) is 2.25.